The summed E-state index contributed by atoms with van der Waals surface area (Å²) in [5, 5.41) is 3.70. The summed E-state index contributed by atoms with van der Waals surface area (Å²) in [5.74, 6) is 1.74. The fraction of sp³-hybridized carbons (Fsp3) is 0.353. The van der Waals surface area contributed by atoms with E-state index in [0.29, 0.717) is 6.04 Å². The van der Waals surface area contributed by atoms with Gasteiger partial charge in [0.25, 0.3) is 0 Å². The summed E-state index contributed by atoms with van der Waals surface area (Å²) in [6, 6.07) is 15.2. The molecule has 1 atom stereocenters. The van der Waals surface area contributed by atoms with Gasteiger partial charge in [0.2, 0.25) is 0 Å². The van der Waals surface area contributed by atoms with Crippen molar-refractivity contribution in [2.24, 2.45) is 5.92 Å². The van der Waals surface area contributed by atoms with Crippen LogP contribution in [0.2, 0.25) is 0 Å². The molecule has 1 unspecified atom stereocenters. The van der Waals surface area contributed by atoms with Crippen molar-refractivity contribution in [2.75, 3.05) is 24.3 Å². The summed E-state index contributed by atoms with van der Waals surface area (Å²) < 4.78 is 0. The standard InChI is InChI=1S/C17H21N3/c1-20(2)17-15(9-6-12-18-17)19-16(14-10-11-14)13-7-4-3-5-8-13/h3-9,12,14,16,19H,10-11H2,1-2H3. The highest BCUT2D eigenvalue weighted by Gasteiger charge is 2.32. The molecule has 1 aliphatic rings. The molecule has 1 heterocycles. The Balaban J connectivity index is 1.88. The predicted octanol–water partition coefficient (Wildman–Crippen LogP) is 3.71. The lowest BCUT2D eigenvalue weighted by molar-refractivity contribution is 0.678. The molecule has 1 saturated carbocycles. The van der Waals surface area contributed by atoms with E-state index in [-0.39, 0.29) is 0 Å². The molecule has 3 nitrogen and oxygen atoms in total. The van der Waals surface area contributed by atoms with Crippen LogP contribution in [0, 0.1) is 5.92 Å². The van der Waals surface area contributed by atoms with Gasteiger partial charge in [0.05, 0.1) is 11.7 Å². The summed E-state index contributed by atoms with van der Waals surface area (Å²) >= 11 is 0. The molecule has 0 spiro atoms. The van der Waals surface area contributed by atoms with Crippen LogP contribution in [0.4, 0.5) is 11.5 Å². The van der Waals surface area contributed by atoms with Crippen LogP contribution < -0.4 is 10.2 Å². The fourth-order valence-electron chi connectivity index (χ4n) is 2.60. The van der Waals surface area contributed by atoms with E-state index in [0.717, 1.165) is 17.4 Å². The van der Waals surface area contributed by atoms with Crippen molar-refractivity contribution >= 4 is 11.5 Å². The number of hydrogen-bond acceptors (Lipinski definition) is 3. The summed E-state index contributed by atoms with van der Waals surface area (Å²) in [6.45, 7) is 0. The lowest BCUT2D eigenvalue weighted by atomic mass is 10.0. The van der Waals surface area contributed by atoms with E-state index in [9.17, 15) is 0 Å². The quantitative estimate of drug-likeness (QED) is 0.895. The molecule has 20 heavy (non-hydrogen) atoms. The molecule has 1 aromatic carbocycles. The van der Waals surface area contributed by atoms with Crippen LogP contribution in [0.15, 0.2) is 48.7 Å². The summed E-state index contributed by atoms with van der Waals surface area (Å²) in [4.78, 5) is 6.52. The summed E-state index contributed by atoms with van der Waals surface area (Å²) in [6.07, 6.45) is 4.46. The van der Waals surface area contributed by atoms with Gasteiger partial charge < -0.3 is 10.2 Å². The Morgan fingerprint density at radius 1 is 1.10 bits per heavy atom. The molecule has 0 saturated heterocycles. The van der Waals surface area contributed by atoms with Gasteiger partial charge in [-0.15, -0.1) is 0 Å². The highest BCUT2D eigenvalue weighted by molar-refractivity contribution is 5.65. The minimum absolute atomic E-state index is 0.388. The van der Waals surface area contributed by atoms with Crippen molar-refractivity contribution in [3.8, 4) is 0 Å². The smallest absolute Gasteiger partial charge is 0.151 e. The first kappa shape index (κ1) is 13.0. The maximum Gasteiger partial charge on any atom is 0.151 e. The number of benzene rings is 1. The SMILES string of the molecule is CN(C)c1ncccc1NC(c1ccccc1)C1CC1. The molecule has 3 heteroatoms. The number of aromatic nitrogens is 1. The second-order valence-electron chi connectivity index (χ2n) is 5.64. The largest absolute Gasteiger partial charge is 0.375 e. The van der Waals surface area contributed by atoms with Crippen molar-refractivity contribution < 1.29 is 0 Å². The van der Waals surface area contributed by atoms with Gasteiger partial charge in [-0.3, -0.25) is 0 Å². The number of rotatable bonds is 5. The summed E-state index contributed by atoms with van der Waals surface area (Å²) in [7, 11) is 4.06. The zero-order valence-electron chi connectivity index (χ0n) is 12.1. The molecule has 104 valence electrons. The normalized spacial score (nSPS) is 15.7. The number of nitrogens with one attached hydrogen (secondary N) is 1. The highest BCUT2D eigenvalue weighted by atomic mass is 15.2. The van der Waals surface area contributed by atoms with Crippen LogP contribution in [0.1, 0.15) is 24.4 Å². The van der Waals surface area contributed by atoms with E-state index in [4.69, 9.17) is 0 Å². The molecule has 1 aliphatic carbocycles. The van der Waals surface area contributed by atoms with Crippen molar-refractivity contribution in [3.05, 3.63) is 54.2 Å². The Labute approximate surface area is 120 Å². The van der Waals surface area contributed by atoms with Crippen molar-refractivity contribution in [3.63, 3.8) is 0 Å². The maximum absolute atomic E-state index is 4.47. The molecule has 1 N–H and O–H groups in total. The van der Waals surface area contributed by atoms with Crippen LogP contribution in [0.3, 0.4) is 0 Å². The molecule has 0 radical (unpaired) electrons. The van der Waals surface area contributed by atoms with Gasteiger partial charge in [0, 0.05) is 20.3 Å². The average Bonchev–Trinajstić information content (AvgIpc) is 3.30. The first-order valence-corrected chi connectivity index (χ1v) is 7.19. The third kappa shape index (κ3) is 2.77. The van der Waals surface area contributed by atoms with E-state index < -0.39 is 0 Å². The van der Waals surface area contributed by atoms with Gasteiger partial charge in [-0.2, -0.15) is 0 Å². The number of anilines is 2. The van der Waals surface area contributed by atoms with Crippen molar-refractivity contribution in [1.82, 2.24) is 4.98 Å². The van der Waals surface area contributed by atoms with Gasteiger partial charge in [0.15, 0.2) is 5.82 Å². The topological polar surface area (TPSA) is 28.2 Å². The van der Waals surface area contributed by atoms with Crippen LogP contribution in [-0.2, 0) is 0 Å². The van der Waals surface area contributed by atoms with E-state index >= 15 is 0 Å². The van der Waals surface area contributed by atoms with Gasteiger partial charge in [-0.25, -0.2) is 4.98 Å². The van der Waals surface area contributed by atoms with Crippen LogP contribution in [0.5, 0.6) is 0 Å². The lowest BCUT2D eigenvalue weighted by Gasteiger charge is -2.23. The van der Waals surface area contributed by atoms with Crippen molar-refractivity contribution in [1.29, 1.82) is 0 Å². The molecule has 0 amide bonds. The van der Waals surface area contributed by atoms with Crippen molar-refractivity contribution in [2.45, 2.75) is 18.9 Å². The zero-order chi connectivity index (χ0) is 13.9. The van der Waals surface area contributed by atoms with Crippen LogP contribution in [-0.4, -0.2) is 19.1 Å². The predicted molar refractivity (Wildman–Crippen MR) is 84.1 cm³/mol. The third-order valence-corrected chi connectivity index (χ3v) is 3.77. The molecular formula is C17H21N3. The second kappa shape index (κ2) is 5.53. The molecule has 2 aromatic rings. The molecule has 1 aromatic heterocycles. The number of hydrogen-bond donors (Lipinski definition) is 1. The molecule has 3 rings (SSSR count). The lowest BCUT2D eigenvalue weighted by Crippen LogP contribution is -2.17. The Bertz CT molecular complexity index is 561. The van der Waals surface area contributed by atoms with E-state index in [1.54, 1.807) is 0 Å². The molecule has 0 bridgehead atoms. The third-order valence-electron chi connectivity index (χ3n) is 3.77. The van der Waals surface area contributed by atoms with E-state index in [1.165, 1.54) is 18.4 Å². The Kier molecular flexibility index (Phi) is 3.59. The highest BCUT2D eigenvalue weighted by Crippen LogP contribution is 2.43. The van der Waals surface area contributed by atoms with Crippen LogP contribution >= 0.6 is 0 Å². The van der Waals surface area contributed by atoms with E-state index in [1.807, 2.05) is 26.4 Å². The monoisotopic (exact) mass is 267 g/mol. The van der Waals surface area contributed by atoms with Crippen LogP contribution in [0.25, 0.3) is 0 Å². The maximum atomic E-state index is 4.47. The first-order valence-electron chi connectivity index (χ1n) is 7.19. The number of nitrogens with zero attached hydrogens (tertiary/aromatic N) is 2. The average molecular weight is 267 g/mol. The minimum Gasteiger partial charge on any atom is -0.375 e. The molecular weight excluding hydrogens is 246 g/mol. The zero-order valence-corrected chi connectivity index (χ0v) is 12.1. The van der Waals surface area contributed by atoms with E-state index in [2.05, 4.69) is 51.6 Å². The van der Waals surface area contributed by atoms with Gasteiger partial charge in [0.1, 0.15) is 0 Å². The van der Waals surface area contributed by atoms with Gasteiger partial charge >= 0.3 is 0 Å². The Hall–Kier alpha value is -2.03. The first-order chi connectivity index (χ1) is 9.75. The Morgan fingerprint density at radius 3 is 2.50 bits per heavy atom. The molecule has 0 aliphatic heterocycles. The van der Waals surface area contributed by atoms with Gasteiger partial charge in [-0.1, -0.05) is 30.3 Å². The number of pyridine rings is 1. The summed E-state index contributed by atoms with van der Waals surface area (Å²) in [5.41, 5.74) is 2.47. The minimum atomic E-state index is 0.388. The van der Waals surface area contributed by atoms with Gasteiger partial charge in [-0.05, 0) is 36.5 Å². The fourth-order valence-corrected chi connectivity index (χ4v) is 2.60. The Morgan fingerprint density at radius 2 is 1.85 bits per heavy atom. The second-order valence-corrected chi connectivity index (χ2v) is 5.64. The molecule has 1 fully saturated rings.